The van der Waals surface area contributed by atoms with Crippen molar-refractivity contribution in [3.8, 4) is 5.69 Å². The van der Waals surface area contributed by atoms with Crippen LogP contribution in [0.3, 0.4) is 0 Å². The number of aryl methyl sites for hydroxylation is 1. The van der Waals surface area contributed by atoms with Gasteiger partial charge in [0, 0.05) is 18.0 Å². The van der Waals surface area contributed by atoms with Crippen LogP contribution in [0.2, 0.25) is 0 Å². The first-order valence-electron chi connectivity index (χ1n) is 9.96. The highest BCUT2D eigenvalue weighted by Crippen LogP contribution is 2.29. The van der Waals surface area contributed by atoms with Crippen molar-refractivity contribution in [2.75, 3.05) is 11.4 Å². The molecule has 29 heavy (non-hydrogen) atoms. The fourth-order valence-electron chi connectivity index (χ4n) is 4.31. The predicted molar refractivity (Wildman–Crippen MR) is 113 cm³/mol. The molecule has 0 radical (unpaired) electrons. The lowest BCUT2D eigenvalue weighted by atomic mass is 9.95. The van der Waals surface area contributed by atoms with E-state index in [1.165, 1.54) is 12.7 Å². The number of fused-ring (bicyclic) bond motifs is 2. The fraction of sp³-hybridized carbons (Fsp3) is 0.381. The molecule has 1 aromatic carbocycles. The Labute approximate surface area is 167 Å². The first kappa shape index (κ1) is 17.8. The van der Waals surface area contributed by atoms with Gasteiger partial charge in [-0.25, -0.2) is 15.0 Å². The molecule has 2 atom stereocenters. The van der Waals surface area contributed by atoms with Gasteiger partial charge in [-0.1, -0.05) is 13.0 Å². The Kier molecular flexibility index (Phi) is 4.08. The van der Waals surface area contributed by atoms with Gasteiger partial charge in [0.15, 0.2) is 11.3 Å². The monoisotopic (exact) mass is 389 g/mol. The van der Waals surface area contributed by atoms with Crippen molar-refractivity contribution in [2.24, 2.45) is 5.92 Å². The number of nitrogens with one attached hydrogen (secondary N) is 1. The maximum atomic E-state index is 13.4. The Morgan fingerprint density at radius 2 is 1.97 bits per heavy atom. The van der Waals surface area contributed by atoms with Gasteiger partial charge in [0.25, 0.3) is 5.56 Å². The lowest BCUT2D eigenvalue weighted by Crippen LogP contribution is -2.42. The summed E-state index contributed by atoms with van der Waals surface area (Å²) in [4.78, 5) is 29.1. The van der Waals surface area contributed by atoms with Gasteiger partial charge < -0.3 is 4.90 Å². The molecule has 1 aliphatic rings. The van der Waals surface area contributed by atoms with Gasteiger partial charge in [-0.15, -0.1) is 0 Å². The average Bonchev–Trinajstić information content (AvgIpc) is 3.19. The molecule has 0 amide bonds. The first-order chi connectivity index (χ1) is 14.0. The normalized spacial score (nSPS) is 19.9. The maximum absolute atomic E-state index is 13.4. The average molecular weight is 389 g/mol. The van der Waals surface area contributed by atoms with E-state index in [9.17, 15) is 4.79 Å². The lowest BCUT2D eigenvalue weighted by molar-refractivity contribution is 0.388. The second-order valence-electron chi connectivity index (χ2n) is 8.06. The molecule has 0 bridgehead atoms. The minimum absolute atomic E-state index is 0.201. The summed E-state index contributed by atoms with van der Waals surface area (Å²) in [7, 11) is 0. The Balaban J connectivity index is 1.72. The molecular weight excluding hydrogens is 366 g/mol. The first-order valence-corrected chi connectivity index (χ1v) is 9.96. The van der Waals surface area contributed by atoms with Crippen LogP contribution in [-0.4, -0.2) is 42.3 Å². The Morgan fingerprint density at radius 3 is 2.83 bits per heavy atom. The summed E-state index contributed by atoms with van der Waals surface area (Å²) in [6, 6.07) is 4.28. The third kappa shape index (κ3) is 2.78. The molecule has 8 heteroatoms. The number of piperidine rings is 1. The topological polar surface area (TPSA) is 92.6 Å². The molecule has 1 saturated heterocycles. The van der Waals surface area contributed by atoms with Crippen LogP contribution < -0.4 is 10.5 Å². The van der Waals surface area contributed by atoms with Crippen LogP contribution in [-0.2, 0) is 0 Å². The Morgan fingerprint density at radius 1 is 1.10 bits per heavy atom. The molecule has 4 aromatic rings. The van der Waals surface area contributed by atoms with Gasteiger partial charge >= 0.3 is 0 Å². The molecule has 1 N–H and O–H groups in total. The highest BCUT2D eigenvalue weighted by molar-refractivity contribution is 5.89. The van der Waals surface area contributed by atoms with E-state index in [2.05, 4.69) is 43.9 Å². The molecule has 0 spiro atoms. The molecule has 148 valence electrons. The van der Waals surface area contributed by atoms with E-state index in [4.69, 9.17) is 0 Å². The zero-order valence-electron chi connectivity index (χ0n) is 16.8. The number of nitrogens with zero attached hydrogens (tertiary/aromatic N) is 6. The van der Waals surface area contributed by atoms with E-state index < -0.39 is 0 Å². The second-order valence-corrected chi connectivity index (χ2v) is 8.06. The predicted octanol–water partition coefficient (Wildman–Crippen LogP) is 2.99. The number of rotatable bonds is 2. The number of anilines is 1. The van der Waals surface area contributed by atoms with Crippen LogP contribution in [0.1, 0.15) is 32.3 Å². The molecule has 4 heterocycles. The van der Waals surface area contributed by atoms with Crippen molar-refractivity contribution >= 4 is 27.8 Å². The number of H-pyrrole nitrogens is 1. The van der Waals surface area contributed by atoms with Gasteiger partial charge in [-0.05, 0) is 44.2 Å². The highest BCUT2D eigenvalue weighted by Gasteiger charge is 2.27. The molecule has 0 saturated carbocycles. The van der Waals surface area contributed by atoms with E-state index in [0.717, 1.165) is 40.9 Å². The van der Waals surface area contributed by atoms with E-state index in [1.54, 1.807) is 17.1 Å². The lowest BCUT2D eigenvalue weighted by Gasteiger charge is -2.37. The van der Waals surface area contributed by atoms with Gasteiger partial charge in [-0.3, -0.25) is 14.5 Å². The molecule has 0 unspecified atom stereocenters. The Hall–Kier alpha value is -3.29. The SMILES string of the molecule is Cc1ccc2[nH]ncc2c1-n1cnc2c(N3C[C@@H](C)CC[C@@H]3C)ncnc2c1=O. The van der Waals surface area contributed by atoms with Gasteiger partial charge in [0.1, 0.15) is 18.2 Å². The van der Waals surface area contributed by atoms with Crippen LogP contribution in [0.4, 0.5) is 5.82 Å². The zero-order valence-corrected chi connectivity index (χ0v) is 16.8. The molecular formula is C21H23N7O. The summed E-state index contributed by atoms with van der Waals surface area (Å²) in [5, 5.41) is 7.95. The quantitative estimate of drug-likeness (QED) is 0.567. The maximum Gasteiger partial charge on any atom is 0.284 e. The van der Waals surface area contributed by atoms with Crippen molar-refractivity contribution in [2.45, 2.75) is 39.7 Å². The van der Waals surface area contributed by atoms with Crippen molar-refractivity contribution in [3.05, 3.63) is 46.9 Å². The van der Waals surface area contributed by atoms with Gasteiger partial charge in [0.05, 0.1) is 17.4 Å². The van der Waals surface area contributed by atoms with Crippen LogP contribution in [0.5, 0.6) is 0 Å². The van der Waals surface area contributed by atoms with Crippen molar-refractivity contribution < 1.29 is 0 Å². The van der Waals surface area contributed by atoms with E-state index in [-0.39, 0.29) is 5.56 Å². The Bertz CT molecular complexity index is 1280. The second kappa shape index (κ2) is 6.65. The summed E-state index contributed by atoms with van der Waals surface area (Å²) >= 11 is 0. The van der Waals surface area contributed by atoms with Crippen molar-refractivity contribution in [3.63, 3.8) is 0 Å². The van der Waals surface area contributed by atoms with Crippen LogP contribution >= 0.6 is 0 Å². The van der Waals surface area contributed by atoms with Crippen LogP contribution in [0.15, 0.2) is 35.8 Å². The molecule has 0 aliphatic carbocycles. The summed E-state index contributed by atoms with van der Waals surface area (Å²) < 4.78 is 1.56. The number of hydrogen-bond donors (Lipinski definition) is 1. The molecule has 1 fully saturated rings. The van der Waals surface area contributed by atoms with E-state index >= 15 is 0 Å². The summed E-state index contributed by atoms with van der Waals surface area (Å²) in [6.07, 6.45) is 7.10. The van der Waals surface area contributed by atoms with E-state index in [1.807, 2.05) is 19.1 Å². The fourth-order valence-corrected chi connectivity index (χ4v) is 4.31. The van der Waals surface area contributed by atoms with Gasteiger partial charge in [0.2, 0.25) is 0 Å². The van der Waals surface area contributed by atoms with E-state index in [0.29, 0.717) is 23.0 Å². The minimum Gasteiger partial charge on any atom is -0.352 e. The van der Waals surface area contributed by atoms with Crippen molar-refractivity contribution in [1.29, 1.82) is 0 Å². The van der Waals surface area contributed by atoms with Crippen LogP contribution in [0.25, 0.3) is 27.6 Å². The van der Waals surface area contributed by atoms with Crippen LogP contribution in [0, 0.1) is 12.8 Å². The minimum atomic E-state index is -0.201. The third-order valence-electron chi connectivity index (χ3n) is 5.95. The van der Waals surface area contributed by atoms with Gasteiger partial charge in [-0.2, -0.15) is 5.10 Å². The standard InChI is InChI=1S/C21H23N7O/c1-12-4-6-14(3)27(9-12)20-17-18(22-10-23-20)21(29)28(11-24-17)19-13(2)5-7-16-15(19)8-25-26-16/h5,7-8,10-12,14H,4,6,9H2,1-3H3,(H,25,26)/t12-,14-/m0/s1. The molecule has 8 nitrogen and oxygen atoms in total. The summed E-state index contributed by atoms with van der Waals surface area (Å²) in [6.45, 7) is 7.33. The third-order valence-corrected chi connectivity index (χ3v) is 5.95. The summed E-state index contributed by atoms with van der Waals surface area (Å²) in [5.41, 5.74) is 3.31. The number of aromatic nitrogens is 6. The number of hydrogen-bond acceptors (Lipinski definition) is 6. The summed E-state index contributed by atoms with van der Waals surface area (Å²) in [5.74, 6) is 1.33. The zero-order chi connectivity index (χ0) is 20.1. The number of aromatic amines is 1. The molecule has 3 aromatic heterocycles. The number of benzene rings is 1. The smallest absolute Gasteiger partial charge is 0.284 e. The highest BCUT2D eigenvalue weighted by atomic mass is 16.1. The molecule has 5 rings (SSSR count). The molecule has 1 aliphatic heterocycles. The van der Waals surface area contributed by atoms with Crippen molar-refractivity contribution in [1.82, 2.24) is 29.7 Å². The largest absolute Gasteiger partial charge is 0.352 e.